The third-order valence-corrected chi connectivity index (χ3v) is 2.36. The summed E-state index contributed by atoms with van der Waals surface area (Å²) in [5.41, 5.74) is 1.53. The van der Waals surface area contributed by atoms with Crippen LogP contribution in [0.5, 0.6) is 0 Å². The van der Waals surface area contributed by atoms with E-state index < -0.39 is 0 Å². The van der Waals surface area contributed by atoms with Crippen molar-refractivity contribution in [1.29, 1.82) is 0 Å². The number of hydrogen-bond acceptors (Lipinski definition) is 1. The fraction of sp³-hybridized carbons (Fsp3) is 0.250. The third kappa shape index (κ3) is 3.40. The Morgan fingerprint density at radius 1 is 1.40 bits per heavy atom. The van der Waals surface area contributed by atoms with Gasteiger partial charge in [0.2, 0.25) is 5.91 Å². The highest BCUT2D eigenvalue weighted by Crippen LogP contribution is 2.16. The number of nitrogens with one attached hydrogen (secondary N) is 1. The van der Waals surface area contributed by atoms with Crippen LogP contribution < -0.4 is 5.32 Å². The molecule has 0 aliphatic heterocycles. The Balaban J connectivity index is 2.69. The molecule has 0 aliphatic carbocycles. The molecule has 1 amide bonds. The van der Waals surface area contributed by atoms with E-state index in [2.05, 4.69) is 11.9 Å². The molecule has 2 nitrogen and oxygen atoms in total. The number of rotatable bonds is 3. The molecule has 1 aromatic carbocycles. The number of hydrogen-bond donors (Lipinski definition) is 1. The van der Waals surface area contributed by atoms with Gasteiger partial charge < -0.3 is 5.32 Å². The van der Waals surface area contributed by atoms with Crippen LogP contribution >= 0.6 is 11.6 Å². The molecule has 80 valence electrons. The number of benzene rings is 1. The van der Waals surface area contributed by atoms with Crippen LogP contribution in [-0.4, -0.2) is 5.91 Å². The van der Waals surface area contributed by atoms with Gasteiger partial charge in [-0.25, -0.2) is 0 Å². The quantitative estimate of drug-likeness (QED) is 0.784. The Hall–Kier alpha value is -1.28. The second-order valence-corrected chi connectivity index (χ2v) is 3.96. The van der Waals surface area contributed by atoms with Crippen molar-refractivity contribution in [3.05, 3.63) is 47.0 Å². The lowest BCUT2D eigenvalue weighted by Gasteiger charge is -2.14. The normalized spacial score (nSPS) is 11.9. The summed E-state index contributed by atoms with van der Waals surface area (Å²) < 4.78 is 0. The van der Waals surface area contributed by atoms with E-state index in [9.17, 15) is 4.79 Å². The van der Waals surface area contributed by atoms with Crippen molar-refractivity contribution in [2.75, 3.05) is 0 Å². The second-order valence-electron chi connectivity index (χ2n) is 3.53. The molecule has 0 aromatic heterocycles. The molecule has 1 aromatic rings. The van der Waals surface area contributed by atoms with Crippen LogP contribution in [-0.2, 0) is 4.79 Å². The second kappa shape index (κ2) is 4.99. The Kier molecular flexibility index (Phi) is 3.92. The van der Waals surface area contributed by atoms with E-state index in [1.807, 2.05) is 19.1 Å². The maximum absolute atomic E-state index is 11.4. The summed E-state index contributed by atoms with van der Waals surface area (Å²) in [7, 11) is 0. The third-order valence-electron chi connectivity index (χ3n) is 2.11. The number of amides is 1. The summed E-state index contributed by atoms with van der Waals surface area (Å²) in [6.07, 6.45) is 0. The maximum Gasteiger partial charge on any atom is 0.246 e. The summed E-state index contributed by atoms with van der Waals surface area (Å²) in [6, 6.07) is 7.37. The summed E-state index contributed by atoms with van der Waals surface area (Å²) in [5, 5.41) is 3.53. The first kappa shape index (κ1) is 11.8. The Morgan fingerprint density at radius 3 is 2.40 bits per heavy atom. The molecule has 0 radical (unpaired) electrons. The van der Waals surface area contributed by atoms with Gasteiger partial charge in [-0.15, -0.1) is 0 Å². The molecule has 0 saturated carbocycles. The van der Waals surface area contributed by atoms with Gasteiger partial charge in [-0.2, -0.15) is 0 Å². The molecule has 0 heterocycles. The minimum atomic E-state index is -0.127. The zero-order valence-electron chi connectivity index (χ0n) is 8.88. The van der Waals surface area contributed by atoms with E-state index in [0.29, 0.717) is 10.6 Å². The minimum absolute atomic E-state index is 0.0357. The molecule has 0 saturated heterocycles. The lowest BCUT2D eigenvalue weighted by molar-refractivity contribution is -0.118. The number of carbonyl (C=O) groups excluding carboxylic acids is 1. The SMILES string of the molecule is C=C(C)C(=O)NC(C)c1ccc(Cl)cc1. The van der Waals surface area contributed by atoms with Gasteiger partial charge in [0.15, 0.2) is 0 Å². The largest absolute Gasteiger partial charge is 0.346 e. The van der Waals surface area contributed by atoms with Crippen molar-refractivity contribution in [2.45, 2.75) is 19.9 Å². The van der Waals surface area contributed by atoms with Crippen molar-refractivity contribution in [3.63, 3.8) is 0 Å². The standard InChI is InChI=1S/C12H14ClNO/c1-8(2)12(15)14-9(3)10-4-6-11(13)7-5-10/h4-7,9H,1H2,2-3H3,(H,14,15). The van der Waals surface area contributed by atoms with Crippen LogP contribution in [0.2, 0.25) is 5.02 Å². The van der Waals surface area contributed by atoms with Gasteiger partial charge in [0.05, 0.1) is 6.04 Å². The topological polar surface area (TPSA) is 29.1 Å². The van der Waals surface area contributed by atoms with Crippen LogP contribution in [0.4, 0.5) is 0 Å². The predicted molar refractivity (Wildman–Crippen MR) is 62.8 cm³/mol. The molecule has 1 rings (SSSR count). The fourth-order valence-corrected chi connectivity index (χ4v) is 1.28. The van der Waals surface area contributed by atoms with Gasteiger partial charge in [-0.3, -0.25) is 4.79 Å². The van der Waals surface area contributed by atoms with E-state index in [0.717, 1.165) is 5.56 Å². The Morgan fingerprint density at radius 2 is 1.93 bits per heavy atom. The van der Waals surface area contributed by atoms with Gasteiger partial charge in [-0.1, -0.05) is 30.3 Å². The molecule has 1 unspecified atom stereocenters. The summed E-state index contributed by atoms with van der Waals surface area (Å²) >= 11 is 5.77. The smallest absolute Gasteiger partial charge is 0.246 e. The molecule has 0 fully saturated rings. The first-order chi connectivity index (χ1) is 7.00. The predicted octanol–water partition coefficient (Wildman–Crippen LogP) is 3.09. The van der Waals surface area contributed by atoms with E-state index in [1.54, 1.807) is 19.1 Å². The zero-order valence-corrected chi connectivity index (χ0v) is 9.64. The number of carbonyl (C=O) groups is 1. The van der Waals surface area contributed by atoms with Gasteiger partial charge in [0, 0.05) is 10.6 Å². The van der Waals surface area contributed by atoms with Crippen molar-refractivity contribution in [2.24, 2.45) is 0 Å². The molecule has 0 aliphatic rings. The van der Waals surface area contributed by atoms with E-state index in [4.69, 9.17) is 11.6 Å². The van der Waals surface area contributed by atoms with Crippen LogP contribution in [0.1, 0.15) is 25.5 Å². The summed E-state index contributed by atoms with van der Waals surface area (Å²) in [6.45, 7) is 7.19. The van der Waals surface area contributed by atoms with Gasteiger partial charge >= 0.3 is 0 Å². The molecule has 1 atom stereocenters. The van der Waals surface area contributed by atoms with Crippen molar-refractivity contribution < 1.29 is 4.79 Å². The average Bonchev–Trinajstić information content (AvgIpc) is 2.18. The molecule has 1 N–H and O–H groups in total. The van der Waals surface area contributed by atoms with E-state index >= 15 is 0 Å². The first-order valence-corrected chi connectivity index (χ1v) is 5.10. The van der Waals surface area contributed by atoms with Crippen molar-refractivity contribution in [1.82, 2.24) is 5.32 Å². The van der Waals surface area contributed by atoms with Crippen LogP contribution in [0.25, 0.3) is 0 Å². The first-order valence-electron chi connectivity index (χ1n) is 4.72. The van der Waals surface area contributed by atoms with E-state index in [-0.39, 0.29) is 11.9 Å². The molecule has 3 heteroatoms. The molecular weight excluding hydrogens is 210 g/mol. The zero-order chi connectivity index (χ0) is 11.4. The summed E-state index contributed by atoms with van der Waals surface area (Å²) in [5.74, 6) is -0.127. The van der Waals surface area contributed by atoms with Crippen LogP contribution in [0, 0.1) is 0 Å². The lowest BCUT2D eigenvalue weighted by atomic mass is 10.1. The van der Waals surface area contributed by atoms with E-state index in [1.165, 1.54) is 0 Å². The summed E-state index contributed by atoms with van der Waals surface area (Å²) in [4.78, 5) is 11.4. The van der Waals surface area contributed by atoms with Gasteiger partial charge in [-0.05, 0) is 31.5 Å². The molecule has 0 bridgehead atoms. The van der Waals surface area contributed by atoms with Crippen molar-refractivity contribution >= 4 is 17.5 Å². The Labute approximate surface area is 94.9 Å². The Bertz CT molecular complexity index is 370. The number of halogens is 1. The average molecular weight is 224 g/mol. The highest BCUT2D eigenvalue weighted by atomic mass is 35.5. The minimum Gasteiger partial charge on any atom is -0.346 e. The maximum atomic E-state index is 11.4. The highest BCUT2D eigenvalue weighted by molar-refractivity contribution is 6.30. The van der Waals surface area contributed by atoms with Crippen LogP contribution in [0.3, 0.4) is 0 Å². The van der Waals surface area contributed by atoms with Crippen LogP contribution in [0.15, 0.2) is 36.4 Å². The lowest BCUT2D eigenvalue weighted by Crippen LogP contribution is -2.26. The van der Waals surface area contributed by atoms with Crippen molar-refractivity contribution in [3.8, 4) is 0 Å². The molecular formula is C12H14ClNO. The molecule has 15 heavy (non-hydrogen) atoms. The highest BCUT2D eigenvalue weighted by Gasteiger charge is 2.09. The van der Waals surface area contributed by atoms with Gasteiger partial charge in [0.25, 0.3) is 0 Å². The fourth-order valence-electron chi connectivity index (χ4n) is 1.15. The monoisotopic (exact) mass is 223 g/mol. The molecule has 0 spiro atoms. The van der Waals surface area contributed by atoms with Gasteiger partial charge in [0.1, 0.15) is 0 Å².